The van der Waals surface area contributed by atoms with E-state index in [2.05, 4.69) is 74.1 Å². The van der Waals surface area contributed by atoms with Crippen LogP contribution < -0.4 is 0 Å². The van der Waals surface area contributed by atoms with Crippen LogP contribution in [0.3, 0.4) is 0 Å². The van der Waals surface area contributed by atoms with Gasteiger partial charge in [-0.05, 0) is 53.4 Å². The topological polar surface area (TPSA) is 62.6 Å². The van der Waals surface area contributed by atoms with Crippen LogP contribution in [0, 0.1) is 10.8 Å². The SMILES string of the molecule is CC(C)c1nc2c(c(C3=CCOCC3)c1CO)C(O)CC(C)(C)C2.CCC(C)(C)C.CS. The minimum Gasteiger partial charge on any atom is -0.392 e. The Hall–Kier alpha value is -0.880. The molecule has 0 spiro atoms. The van der Waals surface area contributed by atoms with Gasteiger partial charge in [-0.15, -0.1) is 0 Å². The summed E-state index contributed by atoms with van der Waals surface area (Å²) < 4.78 is 5.46. The Morgan fingerprint density at radius 2 is 1.84 bits per heavy atom. The molecule has 0 aromatic carbocycles. The average molecular weight is 466 g/mol. The smallest absolute Gasteiger partial charge is 0.0819 e. The molecule has 0 amide bonds. The summed E-state index contributed by atoms with van der Waals surface area (Å²) in [5.74, 6) is 0.235. The molecule has 5 heteroatoms. The van der Waals surface area contributed by atoms with E-state index < -0.39 is 6.10 Å². The first kappa shape index (κ1) is 29.2. The minimum atomic E-state index is -0.526. The molecule has 0 radical (unpaired) electrons. The lowest BCUT2D eigenvalue weighted by Crippen LogP contribution is -2.29. The third-order valence-corrected chi connectivity index (χ3v) is 6.22. The molecule has 0 fully saturated rings. The van der Waals surface area contributed by atoms with Crippen molar-refractivity contribution in [2.75, 3.05) is 19.5 Å². The predicted octanol–water partition coefficient (Wildman–Crippen LogP) is 6.50. The van der Waals surface area contributed by atoms with Crippen LogP contribution in [0.5, 0.6) is 0 Å². The molecule has 1 unspecified atom stereocenters. The summed E-state index contributed by atoms with van der Waals surface area (Å²) in [5, 5.41) is 21.0. The van der Waals surface area contributed by atoms with Gasteiger partial charge < -0.3 is 14.9 Å². The summed E-state index contributed by atoms with van der Waals surface area (Å²) in [6.45, 7) is 18.8. The number of aromatic nitrogens is 1. The zero-order valence-electron chi connectivity index (χ0n) is 21.9. The summed E-state index contributed by atoms with van der Waals surface area (Å²) in [4.78, 5) is 4.91. The van der Waals surface area contributed by atoms with Gasteiger partial charge in [0, 0.05) is 22.5 Å². The molecule has 0 saturated heterocycles. The van der Waals surface area contributed by atoms with Gasteiger partial charge in [0.25, 0.3) is 0 Å². The highest BCUT2D eigenvalue weighted by Gasteiger charge is 2.36. The molecule has 184 valence electrons. The lowest BCUT2D eigenvalue weighted by molar-refractivity contribution is 0.0972. The minimum absolute atomic E-state index is 0.0374. The first-order valence-corrected chi connectivity index (χ1v) is 12.9. The maximum absolute atomic E-state index is 10.9. The highest BCUT2D eigenvalue weighted by atomic mass is 32.1. The Kier molecular flexibility index (Phi) is 11.4. The van der Waals surface area contributed by atoms with Crippen LogP contribution in [-0.2, 0) is 17.8 Å². The van der Waals surface area contributed by atoms with Gasteiger partial charge in [-0.25, -0.2) is 0 Å². The van der Waals surface area contributed by atoms with Gasteiger partial charge in [-0.1, -0.05) is 67.9 Å². The van der Waals surface area contributed by atoms with E-state index in [1.54, 1.807) is 6.26 Å². The van der Waals surface area contributed by atoms with Gasteiger partial charge in [-0.3, -0.25) is 4.98 Å². The molecule has 0 bridgehead atoms. The molecule has 4 nitrogen and oxygen atoms in total. The number of hydrogen-bond acceptors (Lipinski definition) is 5. The third kappa shape index (κ3) is 7.86. The standard InChI is InChI=1S/C20H29NO3.C6H14.CH4S/c1-12(2)19-14(11-22)17(13-5-7-24-8-6-13)18-15(21-19)9-20(3,4)10-16(18)23;1-5-6(2,3)4;1-2/h5,12,16,22-23H,6-11H2,1-4H3;5H2,1-4H3;2H,1H3. The van der Waals surface area contributed by atoms with Crippen molar-refractivity contribution in [2.45, 2.75) is 99.7 Å². The second-order valence-corrected chi connectivity index (χ2v) is 11.1. The molecule has 1 aliphatic heterocycles. The van der Waals surface area contributed by atoms with E-state index in [1.165, 1.54) is 12.0 Å². The molecule has 2 heterocycles. The number of ether oxygens (including phenoxy) is 1. The largest absolute Gasteiger partial charge is 0.392 e. The molecule has 32 heavy (non-hydrogen) atoms. The molecule has 2 N–H and O–H groups in total. The predicted molar refractivity (Wildman–Crippen MR) is 139 cm³/mol. The molecule has 0 saturated carbocycles. The number of nitrogens with zero attached hydrogens (tertiary/aromatic N) is 1. The van der Waals surface area contributed by atoms with E-state index in [9.17, 15) is 10.2 Å². The second kappa shape index (κ2) is 12.5. The summed E-state index contributed by atoms with van der Waals surface area (Å²) in [7, 11) is 0. The maximum Gasteiger partial charge on any atom is 0.0819 e. The van der Waals surface area contributed by atoms with Gasteiger partial charge in [0.15, 0.2) is 0 Å². The molecule has 1 aromatic rings. The number of aliphatic hydroxyl groups excluding tert-OH is 2. The van der Waals surface area contributed by atoms with Crippen molar-refractivity contribution in [1.29, 1.82) is 0 Å². The van der Waals surface area contributed by atoms with E-state index in [1.807, 2.05) is 0 Å². The zero-order chi connectivity index (χ0) is 24.7. The van der Waals surface area contributed by atoms with E-state index in [0.29, 0.717) is 18.6 Å². The Labute approximate surface area is 202 Å². The lowest BCUT2D eigenvalue weighted by Gasteiger charge is -2.37. The van der Waals surface area contributed by atoms with E-state index >= 15 is 0 Å². The Morgan fingerprint density at radius 1 is 1.25 bits per heavy atom. The van der Waals surface area contributed by atoms with Crippen LogP contribution in [0.1, 0.15) is 115 Å². The fourth-order valence-electron chi connectivity index (χ4n) is 4.11. The molecule has 3 rings (SSSR count). The van der Waals surface area contributed by atoms with E-state index in [0.717, 1.165) is 47.3 Å². The van der Waals surface area contributed by atoms with Crippen LogP contribution in [0.15, 0.2) is 6.08 Å². The maximum atomic E-state index is 10.9. The average Bonchev–Trinajstić information content (AvgIpc) is 2.73. The van der Waals surface area contributed by atoms with E-state index in [4.69, 9.17) is 9.72 Å². The first-order chi connectivity index (χ1) is 14.9. The van der Waals surface area contributed by atoms with Crippen molar-refractivity contribution in [1.82, 2.24) is 4.98 Å². The molecule has 2 aliphatic rings. The van der Waals surface area contributed by atoms with E-state index in [-0.39, 0.29) is 17.9 Å². The quantitative estimate of drug-likeness (QED) is 0.446. The Morgan fingerprint density at radius 3 is 2.28 bits per heavy atom. The normalized spacial score (nSPS) is 19.8. The van der Waals surface area contributed by atoms with Gasteiger partial charge in [0.2, 0.25) is 0 Å². The monoisotopic (exact) mass is 465 g/mol. The molecular weight excluding hydrogens is 418 g/mol. The Balaban J connectivity index is 0.000000556. The van der Waals surface area contributed by atoms with Crippen LogP contribution in [0.4, 0.5) is 0 Å². The van der Waals surface area contributed by atoms with Crippen LogP contribution in [0.25, 0.3) is 5.57 Å². The summed E-state index contributed by atoms with van der Waals surface area (Å²) in [5.41, 5.74) is 6.59. The number of rotatable bonds is 3. The van der Waals surface area contributed by atoms with Crippen molar-refractivity contribution in [2.24, 2.45) is 10.8 Å². The van der Waals surface area contributed by atoms with Gasteiger partial charge in [0.1, 0.15) is 0 Å². The zero-order valence-corrected chi connectivity index (χ0v) is 22.8. The van der Waals surface area contributed by atoms with Gasteiger partial charge >= 0.3 is 0 Å². The summed E-state index contributed by atoms with van der Waals surface area (Å²) in [6, 6.07) is 0. The second-order valence-electron chi connectivity index (χ2n) is 11.1. The van der Waals surface area contributed by atoms with Crippen LogP contribution >= 0.6 is 12.6 Å². The van der Waals surface area contributed by atoms with Gasteiger partial charge in [0.05, 0.1) is 25.9 Å². The number of hydrogen-bond donors (Lipinski definition) is 3. The molecule has 1 aromatic heterocycles. The number of aliphatic hydroxyl groups is 2. The lowest BCUT2D eigenvalue weighted by atomic mass is 9.72. The highest BCUT2D eigenvalue weighted by molar-refractivity contribution is 7.79. The van der Waals surface area contributed by atoms with Crippen LogP contribution in [0.2, 0.25) is 0 Å². The van der Waals surface area contributed by atoms with Crippen LogP contribution in [-0.4, -0.2) is 34.7 Å². The molecule has 1 atom stereocenters. The highest BCUT2D eigenvalue weighted by Crippen LogP contribution is 2.45. The van der Waals surface area contributed by atoms with Gasteiger partial charge in [-0.2, -0.15) is 12.6 Å². The third-order valence-electron chi connectivity index (χ3n) is 6.22. The number of fused-ring (bicyclic) bond motifs is 1. The fraction of sp³-hybridized carbons (Fsp3) is 0.741. The van der Waals surface area contributed by atoms with Crippen molar-refractivity contribution < 1.29 is 14.9 Å². The Bertz CT molecular complexity index is 763. The van der Waals surface area contributed by atoms with Crippen molar-refractivity contribution in [3.8, 4) is 0 Å². The summed E-state index contributed by atoms with van der Waals surface area (Å²) in [6.07, 6.45) is 6.94. The number of pyridine rings is 1. The van der Waals surface area contributed by atoms with Crippen molar-refractivity contribution >= 4 is 18.2 Å². The number of thiol groups is 1. The molecule has 1 aliphatic carbocycles. The first-order valence-electron chi connectivity index (χ1n) is 12.0. The van der Waals surface area contributed by atoms with Crippen molar-refractivity contribution in [3.63, 3.8) is 0 Å². The fourth-order valence-corrected chi connectivity index (χ4v) is 4.11. The van der Waals surface area contributed by atoms with Crippen molar-refractivity contribution in [3.05, 3.63) is 34.2 Å². The summed E-state index contributed by atoms with van der Waals surface area (Å²) >= 11 is 3.53. The molecular formula is C27H47NO3S.